The van der Waals surface area contributed by atoms with Crippen LogP contribution in [-0.2, 0) is 6.42 Å². The zero-order chi connectivity index (χ0) is 7.23. The molecule has 3 nitrogen and oxygen atoms in total. The summed E-state index contributed by atoms with van der Waals surface area (Å²) in [5.41, 5.74) is 0.966. The van der Waals surface area contributed by atoms with Gasteiger partial charge in [-0.3, -0.25) is 0 Å². The third-order valence-corrected chi connectivity index (χ3v) is 1.33. The highest BCUT2D eigenvalue weighted by Gasteiger charge is 1.94. The van der Waals surface area contributed by atoms with E-state index in [2.05, 4.69) is 9.68 Å². The third-order valence-electron chi connectivity index (χ3n) is 1.33. The van der Waals surface area contributed by atoms with Gasteiger partial charge in [0.05, 0.1) is 5.69 Å². The van der Waals surface area contributed by atoms with E-state index in [1.54, 1.807) is 6.26 Å². The Labute approximate surface area is 59.7 Å². The van der Waals surface area contributed by atoms with E-state index in [4.69, 9.17) is 5.11 Å². The maximum atomic E-state index is 8.45. The maximum absolute atomic E-state index is 8.45. The van der Waals surface area contributed by atoms with Crippen LogP contribution in [0.3, 0.4) is 0 Å². The van der Waals surface area contributed by atoms with E-state index < -0.39 is 0 Å². The standard InChI is InChI=1S/C7H11NO2/c9-5-2-1-3-7-4-6-10-8-7/h4,6,9H,1-3,5H2. The van der Waals surface area contributed by atoms with Crippen LogP contribution in [0, 0.1) is 0 Å². The molecule has 0 radical (unpaired) electrons. The van der Waals surface area contributed by atoms with Crippen LogP contribution in [0.15, 0.2) is 16.9 Å². The van der Waals surface area contributed by atoms with Crippen LogP contribution in [0.4, 0.5) is 0 Å². The van der Waals surface area contributed by atoms with Gasteiger partial charge in [0.1, 0.15) is 6.26 Å². The van der Waals surface area contributed by atoms with E-state index in [-0.39, 0.29) is 6.61 Å². The van der Waals surface area contributed by atoms with Crippen LogP contribution in [0.2, 0.25) is 0 Å². The second kappa shape index (κ2) is 4.06. The van der Waals surface area contributed by atoms with Gasteiger partial charge >= 0.3 is 0 Å². The lowest BCUT2D eigenvalue weighted by Crippen LogP contribution is -1.87. The third kappa shape index (κ3) is 2.19. The first kappa shape index (κ1) is 7.28. The number of aryl methyl sites for hydroxylation is 1. The topological polar surface area (TPSA) is 46.3 Å². The monoisotopic (exact) mass is 141 g/mol. The number of hydrogen-bond donors (Lipinski definition) is 1. The Balaban J connectivity index is 2.15. The average Bonchev–Trinajstić information content (AvgIpc) is 2.41. The lowest BCUT2D eigenvalue weighted by atomic mass is 10.2. The zero-order valence-electron chi connectivity index (χ0n) is 5.79. The molecule has 0 spiro atoms. The van der Waals surface area contributed by atoms with Gasteiger partial charge < -0.3 is 9.63 Å². The predicted molar refractivity (Wildman–Crippen MR) is 36.5 cm³/mol. The Bertz CT molecular complexity index is 160. The van der Waals surface area contributed by atoms with Gasteiger partial charge in [0, 0.05) is 12.7 Å². The second-order valence-corrected chi connectivity index (χ2v) is 2.17. The summed E-state index contributed by atoms with van der Waals surface area (Å²) < 4.78 is 4.63. The first-order valence-corrected chi connectivity index (χ1v) is 3.43. The zero-order valence-corrected chi connectivity index (χ0v) is 5.79. The van der Waals surface area contributed by atoms with E-state index in [1.807, 2.05) is 6.07 Å². The van der Waals surface area contributed by atoms with Crippen molar-refractivity contribution in [1.29, 1.82) is 0 Å². The fourth-order valence-electron chi connectivity index (χ4n) is 0.784. The number of aromatic nitrogens is 1. The number of aliphatic hydroxyl groups excluding tert-OH is 1. The molecule has 0 aliphatic rings. The smallest absolute Gasteiger partial charge is 0.124 e. The maximum Gasteiger partial charge on any atom is 0.124 e. The van der Waals surface area contributed by atoms with Gasteiger partial charge in [0.25, 0.3) is 0 Å². The van der Waals surface area contributed by atoms with Crippen molar-refractivity contribution in [3.05, 3.63) is 18.0 Å². The van der Waals surface area contributed by atoms with Crippen LogP contribution in [0.25, 0.3) is 0 Å². The molecule has 0 aliphatic carbocycles. The molecule has 1 aromatic rings. The van der Waals surface area contributed by atoms with Crippen LogP contribution in [0.5, 0.6) is 0 Å². The second-order valence-electron chi connectivity index (χ2n) is 2.17. The molecule has 0 saturated carbocycles. The van der Waals surface area contributed by atoms with Crippen LogP contribution >= 0.6 is 0 Å². The van der Waals surface area contributed by atoms with Crippen LogP contribution in [-0.4, -0.2) is 16.9 Å². The molecule has 0 aromatic carbocycles. The largest absolute Gasteiger partial charge is 0.396 e. The summed E-state index contributed by atoms with van der Waals surface area (Å²) in [6.45, 7) is 0.262. The van der Waals surface area contributed by atoms with Gasteiger partial charge in [0.15, 0.2) is 0 Å². The highest BCUT2D eigenvalue weighted by Crippen LogP contribution is 2.00. The fourth-order valence-corrected chi connectivity index (χ4v) is 0.784. The van der Waals surface area contributed by atoms with Crippen LogP contribution in [0.1, 0.15) is 18.5 Å². The van der Waals surface area contributed by atoms with Crippen molar-refractivity contribution in [3.63, 3.8) is 0 Å². The van der Waals surface area contributed by atoms with Gasteiger partial charge in [-0.15, -0.1) is 0 Å². The first-order valence-electron chi connectivity index (χ1n) is 3.43. The predicted octanol–water partition coefficient (Wildman–Crippen LogP) is 0.990. The Morgan fingerprint density at radius 2 is 2.40 bits per heavy atom. The van der Waals surface area contributed by atoms with Gasteiger partial charge in [-0.2, -0.15) is 0 Å². The molecule has 0 saturated heterocycles. The van der Waals surface area contributed by atoms with Gasteiger partial charge in [-0.25, -0.2) is 0 Å². The molecule has 0 bridgehead atoms. The lowest BCUT2D eigenvalue weighted by molar-refractivity contribution is 0.284. The fraction of sp³-hybridized carbons (Fsp3) is 0.571. The van der Waals surface area contributed by atoms with Crippen molar-refractivity contribution in [3.8, 4) is 0 Å². The normalized spacial score (nSPS) is 10.1. The number of rotatable bonds is 4. The van der Waals surface area contributed by atoms with Crippen molar-refractivity contribution < 1.29 is 9.63 Å². The Kier molecular flexibility index (Phi) is 2.96. The minimum Gasteiger partial charge on any atom is -0.396 e. The molecule has 1 heterocycles. The molecular formula is C7H11NO2. The summed E-state index contributed by atoms with van der Waals surface area (Å²) in [5, 5.41) is 12.2. The van der Waals surface area contributed by atoms with E-state index in [9.17, 15) is 0 Å². The molecule has 56 valence electrons. The number of nitrogens with zero attached hydrogens (tertiary/aromatic N) is 1. The highest BCUT2D eigenvalue weighted by atomic mass is 16.5. The number of unbranched alkanes of at least 4 members (excludes halogenated alkanes) is 1. The van der Waals surface area contributed by atoms with Crippen molar-refractivity contribution >= 4 is 0 Å². The minimum absolute atomic E-state index is 0.262. The molecule has 0 unspecified atom stereocenters. The molecule has 0 fully saturated rings. The quantitative estimate of drug-likeness (QED) is 0.636. The summed E-state index contributed by atoms with van der Waals surface area (Å²) in [7, 11) is 0. The molecule has 0 aliphatic heterocycles. The Morgan fingerprint density at radius 1 is 1.50 bits per heavy atom. The molecule has 3 heteroatoms. The molecule has 1 aromatic heterocycles. The highest BCUT2D eigenvalue weighted by molar-refractivity contribution is 4.94. The SMILES string of the molecule is OCCCCc1ccon1. The van der Waals surface area contributed by atoms with Gasteiger partial charge in [-0.05, 0) is 19.3 Å². The number of hydrogen-bond acceptors (Lipinski definition) is 3. The molecular weight excluding hydrogens is 130 g/mol. The summed E-state index contributed by atoms with van der Waals surface area (Å²) >= 11 is 0. The van der Waals surface area contributed by atoms with E-state index >= 15 is 0 Å². The summed E-state index contributed by atoms with van der Waals surface area (Å²) in [6.07, 6.45) is 4.28. The van der Waals surface area contributed by atoms with E-state index in [0.717, 1.165) is 25.0 Å². The van der Waals surface area contributed by atoms with Gasteiger partial charge in [-0.1, -0.05) is 5.16 Å². The summed E-state index contributed by atoms with van der Waals surface area (Å²) in [5.74, 6) is 0. The Morgan fingerprint density at radius 3 is 3.00 bits per heavy atom. The van der Waals surface area contributed by atoms with Crippen molar-refractivity contribution in [1.82, 2.24) is 5.16 Å². The Hall–Kier alpha value is -0.830. The molecule has 10 heavy (non-hydrogen) atoms. The minimum atomic E-state index is 0.262. The molecule has 0 amide bonds. The number of aliphatic hydroxyl groups is 1. The van der Waals surface area contributed by atoms with Gasteiger partial charge in [0.2, 0.25) is 0 Å². The van der Waals surface area contributed by atoms with E-state index in [1.165, 1.54) is 0 Å². The first-order chi connectivity index (χ1) is 4.93. The lowest BCUT2D eigenvalue weighted by Gasteiger charge is -1.91. The molecule has 0 atom stereocenters. The summed E-state index contributed by atoms with van der Waals surface area (Å²) in [4.78, 5) is 0. The molecule has 1 rings (SSSR count). The molecule has 1 N–H and O–H groups in total. The van der Waals surface area contributed by atoms with E-state index in [0.29, 0.717) is 0 Å². The van der Waals surface area contributed by atoms with Crippen molar-refractivity contribution in [2.24, 2.45) is 0 Å². The average molecular weight is 141 g/mol. The van der Waals surface area contributed by atoms with Crippen LogP contribution < -0.4 is 0 Å². The van der Waals surface area contributed by atoms with Crippen molar-refractivity contribution in [2.75, 3.05) is 6.61 Å². The van der Waals surface area contributed by atoms with Crippen molar-refractivity contribution in [2.45, 2.75) is 19.3 Å². The summed E-state index contributed by atoms with van der Waals surface area (Å²) in [6, 6.07) is 1.84.